The summed E-state index contributed by atoms with van der Waals surface area (Å²) in [5.74, 6) is 0.0167. The second-order valence-electron chi connectivity index (χ2n) is 6.68. The van der Waals surface area contributed by atoms with E-state index in [1.807, 2.05) is 36.4 Å². The van der Waals surface area contributed by atoms with E-state index in [-0.39, 0.29) is 11.6 Å². The number of ketones is 1. The summed E-state index contributed by atoms with van der Waals surface area (Å²) in [5.41, 5.74) is 1.93. The predicted octanol–water partition coefficient (Wildman–Crippen LogP) is 3.15. The van der Waals surface area contributed by atoms with E-state index in [0.717, 1.165) is 55.4 Å². The van der Waals surface area contributed by atoms with Crippen LogP contribution in [-0.4, -0.2) is 60.8 Å². The normalized spacial score (nSPS) is 18.8. The Kier molecular flexibility index (Phi) is 5.24. The highest BCUT2D eigenvalue weighted by atomic mass is 32.2. The number of rotatable bonds is 4. The standard InChI is InChI=1S/C20H22FN3OS/c21-16-5-7-17(8-6-16)23-12-9-22(10-13-23)11-14-24-15-19(25)18-3-1-2-4-20(18)26-24/h1-8H,9-15H2. The molecule has 0 aromatic heterocycles. The van der Waals surface area contributed by atoms with E-state index >= 15 is 0 Å². The Labute approximate surface area is 157 Å². The molecule has 0 N–H and O–H groups in total. The summed E-state index contributed by atoms with van der Waals surface area (Å²) in [5, 5.41) is 0. The van der Waals surface area contributed by atoms with Crippen LogP contribution in [0.4, 0.5) is 10.1 Å². The van der Waals surface area contributed by atoms with Gasteiger partial charge in [-0.3, -0.25) is 9.69 Å². The fourth-order valence-electron chi connectivity index (χ4n) is 3.45. The Morgan fingerprint density at radius 1 is 0.923 bits per heavy atom. The van der Waals surface area contributed by atoms with E-state index in [1.54, 1.807) is 11.9 Å². The van der Waals surface area contributed by atoms with Crippen LogP contribution in [-0.2, 0) is 0 Å². The molecule has 4 nitrogen and oxygen atoms in total. The van der Waals surface area contributed by atoms with Crippen molar-refractivity contribution in [1.82, 2.24) is 9.21 Å². The minimum atomic E-state index is -0.192. The third-order valence-electron chi connectivity index (χ3n) is 4.96. The van der Waals surface area contributed by atoms with Gasteiger partial charge >= 0.3 is 0 Å². The second kappa shape index (κ2) is 7.78. The third kappa shape index (κ3) is 3.92. The van der Waals surface area contributed by atoms with Gasteiger partial charge in [0.2, 0.25) is 0 Å². The molecule has 0 saturated carbocycles. The minimum Gasteiger partial charge on any atom is -0.369 e. The van der Waals surface area contributed by atoms with Crippen molar-refractivity contribution in [2.24, 2.45) is 0 Å². The van der Waals surface area contributed by atoms with E-state index < -0.39 is 0 Å². The molecule has 0 spiro atoms. The molecule has 2 aliphatic rings. The summed E-state index contributed by atoms with van der Waals surface area (Å²) < 4.78 is 15.2. The summed E-state index contributed by atoms with van der Waals surface area (Å²) >= 11 is 1.69. The van der Waals surface area contributed by atoms with Crippen molar-refractivity contribution in [3.63, 3.8) is 0 Å². The average Bonchev–Trinajstić information content (AvgIpc) is 2.68. The number of anilines is 1. The van der Waals surface area contributed by atoms with Gasteiger partial charge in [0.1, 0.15) is 5.82 Å². The number of Topliss-reactive ketones (excluding diaryl/α,β-unsaturated/α-hetero) is 1. The topological polar surface area (TPSA) is 26.8 Å². The molecule has 0 radical (unpaired) electrons. The van der Waals surface area contributed by atoms with Crippen LogP contribution in [0, 0.1) is 5.82 Å². The summed E-state index contributed by atoms with van der Waals surface area (Å²) in [6.45, 7) is 6.18. The van der Waals surface area contributed by atoms with Crippen LogP contribution >= 0.6 is 11.9 Å². The molecule has 0 unspecified atom stereocenters. The molecule has 2 aromatic carbocycles. The molecule has 4 rings (SSSR count). The lowest BCUT2D eigenvalue weighted by atomic mass is 10.1. The maximum absolute atomic E-state index is 13.1. The SMILES string of the molecule is O=C1CN(CCN2CCN(c3ccc(F)cc3)CC2)Sc2ccccc21. The van der Waals surface area contributed by atoms with Gasteiger partial charge < -0.3 is 4.90 Å². The molecule has 0 amide bonds. The van der Waals surface area contributed by atoms with Gasteiger partial charge in [-0.15, -0.1) is 0 Å². The molecule has 0 aliphatic carbocycles. The quantitative estimate of drug-likeness (QED) is 0.770. The fourth-order valence-corrected chi connectivity index (χ4v) is 4.51. The summed E-state index contributed by atoms with van der Waals surface area (Å²) in [6.07, 6.45) is 0. The van der Waals surface area contributed by atoms with Gasteiger partial charge in [-0.25, -0.2) is 8.70 Å². The highest BCUT2D eigenvalue weighted by Crippen LogP contribution is 2.31. The molecule has 6 heteroatoms. The van der Waals surface area contributed by atoms with Crippen LogP contribution in [0.2, 0.25) is 0 Å². The van der Waals surface area contributed by atoms with E-state index in [9.17, 15) is 9.18 Å². The number of carbonyl (C=O) groups is 1. The number of hydrogen-bond acceptors (Lipinski definition) is 5. The zero-order chi connectivity index (χ0) is 17.9. The number of halogens is 1. The van der Waals surface area contributed by atoms with E-state index in [0.29, 0.717) is 6.54 Å². The molecule has 26 heavy (non-hydrogen) atoms. The number of piperazine rings is 1. The van der Waals surface area contributed by atoms with Crippen LogP contribution in [0.1, 0.15) is 10.4 Å². The Bertz CT molecular complexity index is 775. The predicted molar refractivity (Wildman–Crippen MR) is 103 cm³/mol. The molecule has 0 atom stereocenters. The van der Waals surface area contributed by atoms with Gasteiger partial charge in [0.25, 0.3) is 0 Å². The molecule has 2 aliphatic heterocycles. The van der Waals surface area contributed by atoms with Crippen molar-refractivity contribution in [3.8, 4) is 0 Å². The number of fused-ring (bicyclic) bond motifs is 1. The Morgan fingerprint density at radius 2 is 1.65 bits per heavy atom. The van der Waals surface area contributed by atoms with Crippen molar-refractivity contribution in [2.75, 3.05) is 50.7 Å². The van der Waals surface area contributed by atoms with Crippen LogP contribution in [0.3, 0.4) is 0 Å². The Morgan fingerprint density at radius 3 is 2.42 bits per heavy atom. The van der Waals surface area contributed by atoms with Crippen LogP contribution < -0.4 is 4.90 Å². The van der Waals surface area contributed by atoms with E-state index in [4.69, 9.17) is 0 Å². The number of carbonyl (C=O) groups excluding carboxylic acids is 1. The lowest BCUT2D eigenvalue weighted by Crippen LogP contribution is -2.48. The molecule has 1 saturated heterocycles. The van der Waals surface area contributed by atoms with Crippen LogP contribution in [0.15, 0.2) is 53.4 Å². The molecular formula is C20H22FN3OS. The van der Waals surface area contributed by atoms with Gasteiger partial charge in [0, 0.05) is 55.4 Å². The smallest absolute Gasteiger partial charge is 0.178 e. The van der Waals surface area contributed by atoms with Crippen molar-refractivity contribution in [2.45, 2.75) is 4.90 Å². The zero-order valence-corrected chi connectivity index (χ0v) is 15.4. The average molecular weight is 371 g/mol. The number of benzene rings is 2. The molecule has 1 fully saturated rings. The first-order valence-corrected chi connectivity index (χ1v) is 9.74. The maximum atomic E-state index is 13.1. The Balaban J connectivity index is 1.27. The minimum absolute atomic E-state index is 0.192. The van der Waals surface area contributed by atoms with Gasteiger partial charge in [0.15, 0.2) is 5.78 Å². The first-order valence-electron chi connectivity index (χ1n) is 8.97. The second-order valence-corrected chi connectivity index (χ2v) is 7.82. The molecular weight excluding hydrogens is 349 g/mol. The van der Waals surface area contributed by atoms with Crippen molar-refractivity contribution >= 4 is 23.4 Å². The van der Waals surface area contributed by atoms with Gasteiger partial charge in [0.05, 0.1) is 6.54 Å². The van der Waals surface area contributed by atoms with Gasteiger partial charge in [-0.1, -0.05) is 18.2 Å². The van der Waals surface area contributed by atoms with Crippen LogP contribution in [0.5, 0.6) is 0 Å². The third-order valence-corrected chi connectivity index (χ3v) is 6.09. The van der Waals surface area contributed by atoms with Crippen LogP contribution in [0.25, 0.3) is 0 Å². The largest absolute Gasteiger partial charge is 0.369 e. The zero-order valence-electron chi connectivity index (χ0n) is 14.6. The lowest BCUT2D eigenvalue weighted by molar-refractivity contribution is 0.0958. The maximum Gasteiger partial charge on any atom is 0.178 e. The number of hydrogen-bond donors (Lipinski definition) is 0. The molecule has 2 heterocycles. The van der Waals surface area contributed by atoms with Crippen molar-refractivity contribution < 1.29 is 9.18 Å². The molecule has 2 aromatic rings. The van der Waals surface area contributed by atoms with Gasteiger partial charge in [-0.2, -0.15) is 0 Å². The number of nitrogens with zero attached hydrogens (tertiary/aromatic N) is 3. The highest BCUT2D eigenvalue weighted by molar-refractivity contribution is 7.97. The van der Waals surface area contributed by atoms with Crippen molar-refractivity contribution in [3.05, 3.63) is 59.9 Å². The van der Waals surface area contributed by atoms with E-state index in [2.05, 4.69) is 14.1 Å². The fraction of sp³-hybridized carbons (Fsp3) is 0.350. The molecule has 0 bridgehead atoms. The Hall–Kier alpha value is -1.89. The summed E-state index contributed by atoms with van der Waals surface area (Å²) in [6, 6.07) is 14.6. The molecule has 136 valence electrons. The van der Waals surface area contributed by atoms with Gasteiger partial charge in [-0.05, 0) is 42.3 Å². The summed E-state index contributed by atoms with van der Waals surface area (Å²) in [7, 11) is 0. The van der Waals surface area contributed by atoms with E-state index in [1.165, 1.54) is 12.1 Å². The first-order chi connectivity index (χ1) is 12.7. The van der Waals surface area contributed by atoms with Crippen molar-refractivity contribution in [1.29, 1.82) is 0 Å². The highest BCUT2D eigenvalue weighted by Gasteiger charge is 2.24. The monoisotopic (exact) mass is 371 g/mol. The first kappa shape index (κ1) is 17.5. The lowest BCUT2D eigenvalue weighted by Gasteiger charge is -2.37. The summed E-state index contributed by atoms with van der Waals surface area (Å²) in [4.78, 5) is 18.1.